The van der Waals surface area contributed by atoms with Crippen molar-refractivity contribution in [2.75, 3.05) is 0 Å². The molecule has 0 amide bonds. The summed E-state index contributed by atoms with van der Waals surface area (Å²) in [5.41, 5.74) is 0. The fourth-order valence-electron chi connectivity index (χ4n) is 0. The smallest absolute Gasteiger partial charge is 0.790 e. The van der Waals surface area contributed by atoms with Crippen LogP contribution in [-0.4, -0.2) is 70.6 Å². The Kier molecular flexibility index (Phi) is 19.4. The largest absolute Gasteiger partial charge is 2.00 e. The minimum absolute atomic E-state index is 0. The van der Waals surface area contributed by atoms with Gasteiger partial charge in [0.1, 0.15) is 0 Å². The van der Waals surface area contributed by atoms with Gasteiger partial charge in [0.2, 0.25) is 0 Å². The van der Waals surface area contributed by atoms with Crippen LogP contribution in [0.1, 0.15) is 0 Å². The van der Waals surface area contributed by atoms with Crippen LogP contribution in [0.4, 0.5) is 0 Å². The molecule has 0 aromatic heterocycles. The molecule has 12 heavy (non-hydrogen) atoms. The quantitative estimate of drug-likeness (QED) is 0.320. The average molecular weight is 256 g/mol. The molecule has 0 rings (SSSR count). The predicted molar refractivity (Wildman–Crippen MR) is 31.2 cm³/mol. The van der Waals surface area contributed by atoms with Gasteiger partial charge in [-0.2, -0.15) is 0 Å². The van der Waals surface area contributed by atoms with Crippen molar-refractivity contribution in [3.8, 4) is 0 Å². The molecule has 8 nitrogen and oxygen atoms in total. The zero-order chi connectivity index (χ0) is 9.00. The summed E-state index contributed by atoms with van der Waals surface area (Å²) in [6.07, 6.45) is 0. The molecule has 0 aromatic carbocycles. The van der Waals surface area contributed by atoms with Crippen LogP contribution >= 0.6 is 15.6 Å². The summed E-state index contributed by atoms with van der Waals surface area (Å²) in [6.45, 7) is 0. The van der Waals surface area contributed by atoms with Crippen LogP contribution in [0.15, 0.2) is 0 Å². The zero-order valence-electron chi connectivity index (χ0n) is 5.65. The topological polar surface area (TPSA) is 167 Å². The molecule has 0 spiro atoms. The SMILES string of the molecule is O=P([O-])([O-])O.O=P([O-])([O-])O.[Ca+2].[Mg+2]. The van der Waals surface area contributed by atoms with E-state index in [-0.39, 0.29) is 60.8 Å². The van der Waals surface area contributed by atoms with Gasteiger partial charge < -0.3 is 38.5 Å². The van der Waals surface area contributed by atoms with Crippen LogP contribution in [0.3, 0.4) is 0 Å². The third kappa shape index (κ3) is 307. The Morgan fingerprint density at radius 3 is 0.833 bits per heavy atom. The van der Waals surface area contributed by atoms with Crippen molar-refractivity contribution >= 4 is 76.4 Å². The Balaban J connectivity index is -0.0000000457. The first-order chi connectivity index (χ1) is 4.00. The molecule has 0 bridgehead atoms. The molecule has 0 fully saturated rings. The van der Waals surface area contributed by atoms with Gasteiger partial charge in [0.05, 0.1) is 15.6 Å². The normalized spacial score (nSPS) is 9.83. The second-order valence-electron chi connectivity index (χ2n) is 0.937. The molecule has 0 aromatic rings. The maximum atomic E-state index is 8.66. The van der Waals surface area contributed by atoms with Gasteiger partial charge in [-0.05, 0) is 0 Å². The van der Waals surface area contributed by atoms with Crippen molar-refractivity contribution in [2.45, 2.75) is 0 Å². The van der Waals surface area contributed by atoms with E-state index in [4.69, 9.17) is 38.5 Å². The van der Waals surface area contributed by atoms with Crippen LogP contribution in [-0.2, 0) is 9.13 Å². The molecule has 64 valence electrons. The van der Waals surface area contributed by atoms with E-state index in [0.717, 1.165) is 0 Å². The fraction of sp³-hybridized carbons (Fsp3) is 0. The van der Waals surface area contributed by atoms with Crippen molar-refractivity contribution in [2.24, 2.45) is 0 Å². The minimum Gasteiger partial charge on any atom is -0.790 e. The summed E-state index contributed by atoms with van der Waals surface area (Å²) in [5, 5.41) is 0. The van der Waals surface area contributed by atoms with E-state index in [2.05, 4.69) is 0 Å². The molecule has 0 atom stereocenters. The summed E-state index contributed by atoms with van der Waals surface area (Å²) in [4.78, 5) is 48.6. The Bertz CT molecular complexity index is 129. The van der Waals surface area contributed by atoms with Crippen molar-refractivity contribution in [3.05, 3.63) is 0 Å². The molecule has 0 heterocycles. The Morgan fingerprint density at radius 1 is 0.833 bits per heavy atom. The summed E-state index contributed by atoms with van der Waals surface area (Å²) < 4.78 is 17.3. The first kappa shape index (κ1) is 23.8. The second kappa shape index (κ2) is 9.79. The Labute approximate surface area is 114 Å². The average Bonchev–Trinajstić information content (AvgIpc) is 1.12. The van der Waals surface area contributed by atoms with Gasteiger partial charge >= 0.3 is 60.8 Å². The predicted octanol–water partition coefficient (Wildman–Crippen LogP) is -5.15. The second-order valence-corrected chi connectivity index (χ2v) is 2.81. The van der Waals surface area contributed by atoms with E-state index in [1.807, 2.05) is 0 Å². The molecule has 12 heteroatoms. The molecule has 0 unspecified atom stereocenters. The van der Waals surface area contributed by atoms with Gasteiger partial charge in [-0.1, -0.05) is 0 Å². The number of phosphoric acid groups is 2. The molecule has 2 N–H and O–H groups in total. The van der Waals surface area contributed by atoms with Gasteiger partial charge in [-0.25, -0.2) is 0 Å². The maximum absolute atomic E-state index is 8.66. The van der Waals surface area contributed by atoms with Crippen molar-refractivity contribution in [1.82, 2.24) is 0 Å². The number of hydrogen-bond acceptors (Lipinski definition) is 6. The van der Waals surface area contributed by atoms with Crippen LogP contribution in [0.25, 0.3) is 0 Å². The molecular weight excluding hydrogens is 254 g/mol. The fourth-order valence-corrected chi connectivity index (χ4v) is 0. The van der Waals surface area contributed by atoms with Crippen LogP contribution in [0, 0.1) is 0 Å². The van der Waals surface area contributed by atoms with E-state index >= 15 is 0 Å². The third-order valence-electron chi connectivity index (χ3n) is 0. The van der Waals surface area contributed by atoms with E-state index in [1.54, 1.807) is 0 Å². The molecule has 0 aliphatic rings. The van der Waals surface area contributed by atoms with Crippen molar-refractivity contribution in [3.63, 3.8) is 0 Å². The zero-order valence-corrected chi connectivity index (χ0v) is 11.1. The van der Waals surface area contributed by atoms with Gasteiger partial charge in [-0.3, -0.25) is 0 Å². The van der Waals surface area contributed by atoms with Crippen LogP contribution in [0.5, 0.6) is 0 Å². The Hall–Kier alpha value is 2.25. The molecule has 0 aliphatic heterocycles. The van der Waals surface area contributed by atoms with Gasteiger partial charge in [-0.15, -0.1) is 0 Å². The first-order valence-corrected chi connectivity index (χ1v) is 4.49. The summed E-state index contributed by atoms with van der Waals surface area (Å²) in [6, 6.07) is 0. The molecule has 0 saturated heterocycles. The number of rotatable bonds is 0. The van der Waals surface area contributed by atoms with E-state index in [0.29, 0.717) is 0 Å². The van der Waals surface area contributed by atoms with Gasteiger partial charge in [0, 0.05) is 0 Å². The first-order valence-electron chi connectivity index (χ1n) is 1.50. The van der Waals surface area contributed by atoms with Crippen molar-refractivity contribution < 1.29 is 38.5 Å². The molecular formula is H2CaMgO8P2. The molecule has 0 saturated carbocycles. The van der Waals surface area contributed by atoms with Crippen LogP contribution < -0.4 is 19.6 Å². The molecule has 0 aliphatic carbocycles. The minimum atomic E-state index is -5.14. The standard InChI is InChI=1S/Ca.Mg.2H3O4P/c;;2*1-5(2,3)4/h;;2*(H3,1,2,3,4)/q2*+2;;/p-4. The summed E-state index contributed by atoms with van der Waals surface area (Å²) in [5.74, 6) is 0. The summed E-state index contributed by atoms with van der Waals surface area (Å²) >= 11 is 0. The van der Waals surface area contributed by atoms with Crippen molar-refractivity contribution in [1.29, 1.82) is 0 Å². The maximum Gasteiger partial charge on any atom is 2.00 e. The van der Waals surface area contributed by atoms with Crippen LogP contribution in [0.2, 0.25) is 0 Å². The third-order valence-corrected chi connectivity index (χ3v) is 0. The van der Waals surface area contributed by atoms with E-state index in [9.17, 15) is 0 Å². The number of hydrogen-bond donors (Lipinski definition) is 2. The Morgan fingerprint density at radius 2 is 0.833 bits per heavy atom. The molecule has 0 radical (unpaired) electrons. The van der Waals surface area contributed by atoms with Gasteiger partial charge in [0.15, 0.2) is 0 Å². The summed E-state index contributed by atoms with van der Waals surface area (Å²) in [7, 11) is -10.3. The van der Waals surface area contributed by atoms with E-state index < -0.39 is 15.6 Å². The monoisotopic (exact) mass is 256 g/mol. The van der Waals surface area contributed by atoms with E-state index in [1.165, 1.54) is 0 Å². The van der Waals surface area contributed by atoms with Gasteiger partial charge in [0.25, 0.3) is 0 Å².